The number of rotatable bonds is 6. The predicted molar refractivity (Wildman–Crippen MR) is 117 cm³/mol. The number of hydrogen-bond acceptors (Lipinski definition) is 8. The summed E-state index contributed by atoms with van der Waals surface area (Å²) in [7, 11) is -1.53. The van der Waals surface area contributed by atoms with Crippen molar-refractivity contribution >= 4 is 35.2 Å². The second kappa shape index (κ2) is 8.04. The van der Waals surface area contributed by atoms with Crippen LogP contribution < -0.4 is 16.5 Å². The van der Waals surface area contributed by atoms with E-state index in [0.29, 0.717) is 53.5 Å². The topological polar surface area (TPSA) is 148 Å². The molecule has 4 aromatic rings. The fourth-order valence-electron chi connectivity index (χ4n) is 3.75. The molecule has 0 atom stereocenters. The zero-order valence-corrected chi connectivity index (χ0v) is 16.9. The van der Waals surface area contributed by atoms with Crippen LogP contribution in [0, 0.1) is 0 Å². The zero-order chi connectivity index (χ0) is 22.2. The van der Waals surface area contributed by atoms with Crippen LogP contribution in [0.5, 0.6) is 0 Å². The quantitative estimate of drug-likeness (QED) is 0.318. The van der Waals surface area contributed by atoms with Gasteiger partial charge in [-0.2, -0.15) is 14.8 Å². The number of benzene rings is 2. The first-order chi connectivity index (χ1) is 15.5. The molecule has 0 saturated heterocycles. The van der Waals surface area contributed by atoms with Crippen LogP contribution in [0.3, 0.4) is 0 Å². The first kappa shape index (κ1) is 20.1. The Balaban J connectivity index is 1.52. The minimum Gasteiger partial charge on any atom is -0.423 e. The van der Waals surface area contributed by atoms with Crippen LogP contribution in [-0.4, -0.2) is 42.8 Å². The van der Waals surface area contributed by atoms with Crippen LogP contribution in [0.4, 0.5) is 5.82 Å². The van der Waals surface area contributed by atoms with E-state index < -0.39 is 13.0 Å². The summed E-state index contributed by atoms with van der Waals surface area (Å²) in [5.74, 6) is 0.413. The molecule has 0 radical (unpaired) electrons. The summed E-state index contributed by atoms with van der Waals surface area (Å²) >= 11 is 0. The van der Waals surface area contributed by atoms with Gasteiger partial charge < -0.3 is 25.8 Å². The summed E-state index contributed by atoms with van der Waals surface area (Å²) in [4.78, 5) is 21.0. The van der Waals surface area contributed by atoms with Gasteiger partial charge in [0.2, 0.25) is 5.91 Å². The lowest BCUT2D eigenvalue weighted by Gasteiger charge is -2.12. The normalized spacial score (nSPS) is 12.7. The minimum absolute atomic E-state index is 0.341. The molecule has 11 heteroatoms. The molecule has 0 aliphatic carbocycles. The predicted octanol–water partition coefficient (Wildman–Crippen LogP) is 0.236. The molecule has 5 N–H and O–H groups in total. The smallest absolute Gasteiger partial charge is 0.423 e. The second-order valence-corrected chi connectivity index (χ2v) is 7.42. The molecule has 32 heavy (non-hydrogen) atoms. The fourth-order valence-corrected chi connectivity index (χ4v) is 3.75. The highest BCUT2D eigenvalue weighted by Crippen LogP contribution is 2.27. The lowest BCUT2D eigenvalue weighted by atomic mass is 9.80. The van der Waals surface area contributed by atoms with E-state index in [1.54, 1.807) is 41.2 Å². The highest BCUT2D eigenvalue weighted by Gasteiger charge is 2.22. The molecule has 0 bridgehead atoms. The van der Waals surface area contributed by atoms with Gasteiger partial charge in [0.15, 0.2) is 0 Å². The van der Waals surface area contributed by atoms with Crippen molar-refractivity contribution in [3.05, 3.63) is 71.0 Å². The molecule has 160 valence electrons. The molecular formula is C21H19BN6O4. The summed E-state index contributed by atoms with van der Waals surface area (Å²) in [6, 6.07) is 12.2. The lowest BCUT2D eigenvalue weighted by molar-refractivity contribution is 0.100. The number of anilines is 1. The third kappa shape index (κ3) is 3.58. The number of aromatic nitrogens is 4. The molecule has 0 spiro atoms. The molecule has 0 unspecified atom stereocenters. The monoisotopic (exact) mass is 430 g/mol. The van der Waals surface area contributed by atoms with Crippen LogP contribution in [0.15, 0.2) is 48.7 Å². The molecular weight excluding hydrogens is 411 g/mol. The number of nitrogens with zero attached hydrogens (tertiary/aromatic N) is 4. The van der Waals surface area contributed by atoms with Gasteiger partial charge in [0.1, 0.15) is 5.82 Å². The van der Waals surface area contributed by atoms with E-state index in [1.165, 1.54) is 0 Å². The molecule has 2 aromatic carbocycles. The molecule has 10 nitrogen and oxygen atoms in total. The largest absolute Gasteiger partial charge is 0.488 e. The summed E-state index contributed by atoms with van der Waals surface area (Å²) in [5, 5.41) is 27.1. The van der Waals surface area contributed by atoms with Gasteiger partial charge in [-0.1, -0.05) is 30.3 Å². The first-order valence-electron chi connectivity index (χ1n) is 9.94. The number of nitrogens with one attached hydrogen (secondary N) is 1. The van der Waals surface area contributed by atoms with Crippen molar-refractivity contribution in [1.29, 1.82) is 0 Å². The van der Waals surface area contributed by atoms with Gasteiger partial charge in [-0.25, -0.2) is 4.98 Å². The van der Waals surface area contributed by atoms with Crippen LogP contribution >= 0.6 is 0 Å². The Bertz CT molecular complexity index is 1340. The fraction of sp³-hybridized carbons (Fsp3) is 0.143. The Morgan fingerprint density at radius 2 is 2.03 bits per heavy atom. The van der Waals surface area contributed by atoms with Gasteiger partial charge in [-0.05, 0) is 23.2 Å². The molecule has 5 rings (SSSR count). The highest BCUT2D eigenvalue weighted by atomic mass is 16.5. The number of fused-ring (bicyclic) bond motifs is 2. The second-order valence-electron chi connectivity index (χ2n) is 7.42. The molecule has 0 fully saturated rings. The van der Waals surface area contributed by atoms with Crippen LogP contribution in [0.1, 0.15) is 27.2 Å². The number of amides is 1. The zero-order valence-electron chi connectivity index (χ0n) is 16.9. The summed E-state index contributed by atoms with van der Waals surface area (Å²) < 4.78 is 7.13. The van der Waals surface area contributed by atoms with Gasteiger partial charge in [0, 0.05) is 17.5 Å². The standard InChI is InChI=1S/C21H19BN6O4/c23-19(29)14-5-2-6-18-15(14)9-25-28(18)21-26-17-11-32-10-16(17)20(27-21)24-8-12-3-1-4-13(7-12)22(30)31/h1-7,9,30-31H,8,10-11H2,(H2,23,29)(H,24,26,27). The van der Waals surface area contributed by atoms with E-state index in [0.717, 1.165) is 16.8 Å². The third-order valence-electron chi connectivity index (χ3n) is 5.34. The third-order valence-corrected chi connectivity index (χ3v) is 5.34. The van der Waals surface area contributed by atoms with Crippen LogP contribution in [-0.2, 0) is 24.5 Å². The lowest BCUT2D eigenvalue weighted by Crippen LogP contribution is -2.30. The van der Waals surface area contributed by atoms with Crippen LogP contribution in [0.2, 0.25) is 0 Å². The highest BCUT2D eigenvalue weighted by molar-refractivity contribution is 6.58. The Morgan fingerprint density at radius 1 is 1.19 bits per heavy atom. The number of primary amides is 1. The number of carbonyl (C=O) groups excluding carboxylic acids is 1. The molecule has 2 aromatic heterocycles. The van der Waals surface area contributed by atoms with Gasteiger partial charge in [0.25, 0.3) is 5.95 Å². The van der Waals surface area contributed by atoms with E-state index in [1.807, 2.05) is 12.1 Å². The maximum atomic E-state index is 11.8. The Hall–Kier alpha value is -3.80. The van der Waals surface area contributed by atoms with Gasteiger partial charge in [-0.15, -0.1) is 0 Å². The minimum atomic E-state index is -1.53. The van der Waals surface area contributed by atoms with Gasteiger partial charge in [0.05, 0.1) is 36.2 Å². The Morgan fingerprint density at radius 3 is 2.84 bits per heavy atom. The van der Waals surface area contributed by atoms with Crippen LogP contribution in [0.25, 0.3) is 16.9 Å². The van der Waals surface area contributed by atoms with Crippen molar-refractivity contribution in [1.82, 2.24) is 19.7 Å². The van der Waals surface area contributed by atoms with E-state index in [2.05, 4.69) is 20.4 Å². The molecule has 3 heterocycles. The van der Waals surface area contributed by atoms with Crippen molar-refractivity contribution in [2.45, 2.75) is 19.8 Å². The maximum absolute atomic E-state index is 11.8. The maximum Gasteiger partial charge on any atom is 0.488 e. The van der Waals surface area contributed by atoms with Crippen molar-refractivity contribution < 1.29 is 19.6 Å². The summed E-state index contributed by atoms with van der Waals surface area (Å²) in [6.45, 7) is 1.16. The van der Waals surface area contributed by atoms with Crippen molar-refractivity contribution in [3.63, 3.8) is 0 Å². The van der Waals surface area contributed by atoms with Crippen molar-refractivity contribution in [2.75, 3.05) is 5.32 Å². The van der Waals surface area contributed by atoms with Crippen molar-refractivity contribution in [3.8, 4) is 5.95 Å². The SMILES string of the molecule is NC(=O)c1cccc2c1cnn2-c1nc2c(c(NCc3cccc(B(O)O)c3)n1)COC2. The van der Waals surface area contributed by atoms with E-state index in [4.69, 9.17) is 10.5 Å². The Labute approximate surface area is 182 Å². The molecule has 1 aliphatic heterocycles. The molecule has 1 amide bonds. The number of carbonyl (C=O) groups is 1. The van der Waals surface area contributed by atoms with Gasteiger partial charge >= 0.3 is 7.12 Å². The number of nitrogens with two attached hydrogens (primary N) is 1. The number of ether oxygens (including phenoxy) is 1. The first-order valence-corrected chi connectivity index (χ1v) is 9.94. The average molecular weight is 430 g/mol. The van der Waals surface area contributed by atoms with E-state index in [-0.39, 0.29) is 0 Å². The average Bonchev–Trinajstić information content (AvgIpc) is 3.44. The van der Waals surface area contributed by atoms with Crippen molar-refractivity contribution in [2.24, 2.45) is 5.73 Å². The van der Waals surface area contributed by atoms with Gasteiger partial charge in [-0.3, -0.25) is 4.79 Å². The molecule has 1 aliphatic rings. The number of hydrogen-bond donors (Lipinski definition) is 4. The van der Waals surface area contributed by atoms with E-state index in [9.17, 15) is 14.8 Å². The summed E-state index contributed by atoms with van der Waals surface area (Å²) in [5.41, 5.74) is 9.42. The Kier molecular flexibility index (Phi) is 5.06. The summed E-state index contributed by atoms with van der Waals surface area (Å²) in [6.07, 6.45) is 1.57. The molecule has 0 saturated carbocycles. The van der Waals surface area contributed by atoms with E-state index >= 15 is 0 Å².